The van der Waals surface area contributed by atoms with E-state index in [0.717, 1.165) is 29.7 Å². The highest BCUT2D eigenvalue weighted by molar-refractivity contribution is 5.91. The molecule has 1 spiro atoms. The summed E-state index contributed by atoms with van der Waals surface area (Å²) in [6, 6.07) is 0.168. The van der Waals surface area contributed by atoms with Gasteiger partial charge in [-0.15, -0.1) is 0 Å². The van der Waals surface area contributed by atoms with Crippen molar-refractivity contribution in [3.8, 4) is 5.88 Å². The van der Waals surface area contributed by atoms with Crippen LogP contribution in [-0.4, -0.2) is 24.2 Å². The fourth-order valence-electron chi connectivity index (χ4n) is 4.63. The number of hydrogen-bond donors (Lipinski definition) is 2. The van der Waals surface area contributed by atoms with E-state index in [0.29, 0.717) is 11.3 Å². The molecule has 2 fully saturated rings. The van der Waals surface area contributed by atoms with E-state index in [1.807, 2.05) is 13.8 Å². The number of nitrogens with one attached hydrogen (secondary N) is 2. The van der Waals surface area contributed by atoms with Crippen LogP contribution in [0.25, 0.3) is 0 Å². The number of aromatic nitrogens is 1. The molecule has 5 nitrogen and oxygen atoms in total. The molecule has 0 radical (unpaired) electrons. The molecule has 2 aliphatic carbocycles. The molecule has 1 aromatic heterocycles. The van der Waals surface area contributed by atoms with E-state index in [9.17, 15) is 4.79 Å². The SMILES string of the molecule is COc1ncc(C)c(NC(=O)NC2CCC3(CCCCC3)CC2)c1C. The van der Waals surface area contributed by atoms with E-state index in [2.05, 4.69) is 15.6 Å². The second kappa shape index (κ2) is 7.63. The summed E-state index contributed by atoms with van der Waals surface area (Å²) in [5.41, 5.74) is 3.18. The maximum absolute atomic E-state index is 12.5. The Morgan fingerprint density at radius 3 is 2.48 bits per heavy atom. The number of amides is 2. The van der Waals surface area contributed by atoms with Crippen LogP contribution in [0, 0.1) is 19.3 Å². The first-order chi connectivity index (χ1) is 12.0. The Kier molecular flexibility index (Phi) is 5.50. The van der Waals surface area contributed by atoms with Gasteiger partial charge in [0.2, 0.25) is 5.88 Å². The van der Waals surface area contributed by atoms with Crippen LogP contribution in [0.3, 0.4) is 0 Å². The molecule has 1 heterocycles. The first kappa shape index (κ1) is 18.0. The molecule has 0 bridgehead atoms. The van der Waals surface area contributed by atoms with Gasteiger partial charge in [-0.3, -0.25) is 0 Å². The number of anilines is 1. The number of aryl methyl sites for hydroxylation is 1. The minimum Gasteiger partial charge on any atom is -0.481 e. The van der Waals surface area contributed by atoms with E-state index in [4.69, 9.17) is 4.74 Å². The van der Waals surface area contributed by atoms with Gasteiger partial charge >= 0.3 is 6.03 Å². The number of hydrogen-bond acceptors (Lipinski definition) is 3. The van der Waals surface area contributed by atoms with Gasteiger partial charge in [0.25, 0.3) is 0 Å². The molecular formula is C20H31N3O2. The van der Waals surface area contributed by atoms with E-state index >= 15 is 0 Å². The predicted octanol–water partition coefficient (Wildman–Crippen LogP) is 4.72. The number of carbonyl (C=O) groups excluding carboxylic acids is 1. The van der Waals surface area contributed by atoms with E-state index in [1.165, 1.54) is 44.9 Å². The first-order valence-electron chi connectivity index (χ1n) is 9.61. The van der Waals surface area contributed by atoms with Gasteiger partial charge in [0.1, 0.15) is 0 Å². The zero-order chi connectivity index (χ0) is 17.9. The Hall–Kier alpha value is -1.78. The topological polar surface area (TPSA) is 63.2 Å². The summed E-state index contributed by atoms with van der Waals surface area (Å²) in [4.78, 5) is 16.7. The maximum atomic E-state index is 12.5. The van der Waals surface area contributed by atoms with Crippen LogP contribution in [-0.2, 0) is 0 Å². The molecule has 0 saturated heterocycles. The first-order valence-corrected chi connectivity index (χ1v) is 9.61. The molecule has 0 atom stereocenters. The minimum absolute atomic E-state index is 0.121. The molecule has 2 amide bonds. The number of pyridine rings is 1. The minimum atomic E-state index is -0.121. The lowest BCUT2D eigenvalue weighted by Gasteiger charge is -2.43. The zero-order valence-electron chi connectivity index (χ0n) is 15.8. The van der Waals surface area contributed by atoms with Gasteiger partial charge in [-0.1, -0.05) is 19.3 Å². The number of ether oxygens (including phenoxy) is 1. The lowest BCUT2D eigenvalue weighted by molar-refractivity contribution is 0.109. The van der Waals surface area contributed by atoms with E-state index in [1.54, 1.807) is 13.3 Å². The Morgan fingerprint density at radius 1 is 1.16 bits per heavy atom. The Bertz CT molecular complexity index is 614. The largest absolute Gasteiger partial charge is 0.481 e. The molecule has 138 valence electrons. The average Bonchev–Trinajstić information content (AvgIpc) is 2.62. The molecule has 2 saturated carbocycles. The van der Waals surface area contributed by atoms with Crippen LogP contribution < -0.4 is 15.4 Å². The van der Waals surface area contributed by atoms with Gasteiger partial charge in [0.05, 0.1) is 12.8 Å². The monoisotopic (exact) mass is 345 g/mol. The van der Waals surface area contributed by atoms with Crippen molar-refractivity contribution in [3.05, 3.63) is 17.3 Å². The van der Waals surface area contributed by atoms with Crippen LogP contribution in [0.5, 0.6) is 5.88 Å². The summed E-state index contributed by atoms with van der Waals surface area (Å²) in [6.45, 7) is 3.87. The smallest absolute Gasteiger partial charge is 0.319 e. The maximum Gasteiger partial charge on any atom is 0.319 e. The molecule has 3 rings (SSSR count). The van der Waals surface area contributed by atoms with Crippen molar-refractivity contribution in [2.45, 2.75) is 77.7 Å². The summed E-state index contributed by atoms with van der Waals surface area (Å²) < 4.78 is 5.25. The van der Waals surface area contributed by atoms with Crippen LogP contribution in [0.4, 0.5) is 10.5 Å². The van der Waals surface area contributed by atoms with Crippen LogP contribution in [0.2, 0.25) is 0 Å². The van der Waals surface area contributed by atoms with Gasteiger partial charge in [0.15, 0.2) is 0 Å². The zero-order valence-corrected chi connectivity index (χ0v) is 15.8. The Morgan fingerprint density at radius 2 is 1.84 bits per heavy atom. The second-order valence-electron chi connectivity index (χ2n) is 7.88. The molecule has 0 aromatic carbocycles. The molecule has 2 N–H and O–H groups in total. The van der Waals surface area contributed by atoms with Crippen molar-refractivity contribution in [1.82, 2.24) is 10.3 Å². The van der Waals surface area contributed by atoms with Gasteiger partial charge in [0, 0.05) is 17.8 Å². The van der Waals surface area contributed by atoms with Gasteiger partial charge in [-0.25, -0.2) is 9.78 Å². The predicted molar refractivity (Wildman–Crippen MR) is 100 cm³/mol. The highest BCUT2D eigenvalue weighted by Gasteiger charge is 2.36. The fourth-order valence-corrected chi connectivity index (χ4v) is 4.63. The van der Waals surface area contributed by atoms with Gasteiger partial charge in [-0.2, -0.15) is 0 Å². The number of carbonyl (C=O) groups is 1. The summed E-state index contributed by atoms with van der Waals surface area (Å²) in [5, 5.41) is 6.17. The van der Waals surface area contributed by atoms with Crippen LogP contribution >= 0.6 is 0 Å². The molecular weight excluding hydrogens is 314 g/mol. The molecule has 2 aliphatic rings. The standard InChI is InChI=1S/C20H31N3O2/c1-14-13-21-18(25-3)15(2)17(14)23-19(24)22-16-7-11-20(12-8-16)9-5-4-6-10-20/h13,16H,4-12H2,1-3H3,(H2,21,22,23,24). The van der Waals surface area contributed by atoms with Gasteiger partial charge in [-0.05, 0) is 63.4 Å². The Labute approximate surface area is 150 Å². The van der Waals surface area contributed by atoms with Crippen molar-refractivity contribution in [2.75, 3.05) is 12.4 Å². The lowest BCUT2D eigenvalue weighted by Crippen LogP contribution is -2.43. The number of nitrogens with zero attached hydrogens (tertiary/aromatic N) is 1. The van der Waals surface area contributed by atoms with Crippen LogP contribution in [0.15, 0.2) is 6.20 Å². The quantitative estimate of drug-likeness (QED) is 0.833. The highest BCUT2D eigenvalue weighted by Crippen LogP contribution is 2.47. The third kappa shape index (κ3) is 4.07. The van der Waals surface area contributed by atoms with Crippen molar-refractivity contribution in [2.24, 2.45) is 5.41 Å². The third-order valence-electron chi connectivity index (χ3n) is 6.19. The summed E-state index contributed by atoms with van der Waals surface area (Å²) in [7, 11) is 1.59. The van der Waals surface area contributed by atoms with E-state index < -0.39 is 0 Å². The molecule has 1 aromatic rings. The average molecular weight is 345 g/mol. The van der Waals surface area contributed by atoms with Crippen molar-refractivity contribution in [1.29, 1.82) is 0 Å². The molecule has 25 heavy (non-hydrogen) atoms. The van der Waals surface area contributed by atoms with Crippen LogP contribution in [0.1, 0.15) is 68.9 Å². The van der Waals surface area contributed by atoms with Gasteiger partial charge < -0.3 is 15.4 Å². The highest BCUT2D eigenvalue weighted by atomic mass is 16.5. The lowest BCUT2D eigenvalue weighted by atomic mass is 9.64. The third-order valence-corrected chi connectivity index (χ3v) is 6.19. The summed E-state index contributed by atoms with van der Waals surface area (Å²) in [5.74, 6) is 0.554. The van der Waals surface area contributed by atoms with Crippen molar-refractivity contribution < 1.29 is 9.53 Å². The summed E-state index contributed by atoms with van der Waals surface area (Å²) in [6.07, 6.45) is 13.4. The normalized spacial score (nSPS) is 20.3. The second-order valence-corrected chi connectivity index (χ2v) is 7.88. The van der Waals surface area contributed by atoms with E-state index in [-0.39, 0.29) is 12.1 Å². The van der Waals surface area contributed by atoms with Crippen molar-refractivity contribution >= 4 is 11.7 Å². The molecule has 0 aliphatic heterocycles. The molecule has 0 unspecified atom stereocenters. The number of urea groups is 1. The fraction of sp³-hybridized carbons (Fsp3) is 0.700. The summed E-state index contributed by atoms with van der Waals surface area (Å²) >= 11 is 0. The van der Waals surface area contributed by atoms with Crippen molar-refractivity contribution in [3.63, 3.8) is 0 Å². The Balaban J connectivity index is 1.55. The number of methoxy groups -OCH3 is 1. The number of rotatable bonds is 3. The molecule has 5 heteroatoms.